The van der Waals surface area contributed by atoms with Gasteiger partial charge in [-0.25, -0.2) is 40.1 Å². The average molecular weight is 411 g/mol. The number of aliphatic hydroxyl groups is 1. The van der Waals surface area contributed by atoms with Crippen LogP contribution in [0.2, 0.25) is 0 Å². The number of halogens is 8. The van der Waals surface area contributed by atoms with Crippen molar-refractivity contribution < 1.29 is 40.2 Å². The third-order valence-electron chi connectivity index (χ3n) is 3.55. The fraction of sp³-hybridized carbons (Fsp3) is 0.0625. The highest BCUT2D eigenvalue weighted by Crippen LogP contribution is 2.34. The molecule has 0 amide bonds. The first-order valence-electron chi connectivity index (χ1n) is 6.93. The summed E-state index contributed by atoms with van der Waals surface area (Å²) in [5.41, 5.74) is -2.32. The minimum atomic E-state index is -2.39. The van der Waals surface area contributed by atoms with E-state index in [9.17, 15) is 40.2 Å². The normalized spacial score (nSPS) is 12.5. The maximum Gasteiger partial charge on any atom is 0.200 e. The van der Waals surface area contributed by atoms with Crippen molar-refractivity contribution in [3.8, 4) is 10.6 Å². The van der Waals surface area contributed by atoms with Crippen LogP contribution in [0.1, 0.15) is 17.4 Å². The lowest BCUT2D eigenvalue weighted by molar-refractivity contribution is 0.199. The van der Waals surface area contributed by atoms with Crippen molar-refractivity contribution in [1.29, 1.82) is 0 Å². The molecule has 2 aromatic carbocycles. The van der Waals surface area contributed by atoms with Crippen molar-refractivity contribution >= 4 is 11.3 Å². The highest BCUT2D eigenvalue weighted by molar-refractivity contribution is 7.13. The van der Waals surface area contributed by atoms with Crippen LogP contribution in [0.3, 0.4) is 0 Å². The third-order valence-corrected chi connectivity index (χ3v) is 4.46. The lowest BCUT2D eigenvalue weighted by atomic mass is 10.0. The van der Waals surface area contributed by atoms with Crippen molar-refractivity contribution in [1.82, 2.24) is 4.98 Å². The summed E-state index contributed by atoms with van der Waals surface area (Å²) in [5.74, 6) is -16.2. The van der Waals surface area contributed by atoms with E-state index in [1.165, 1.54) is 0 Å². The summed E-state index contributed by atoms with van der Waals surface area (Å²) in [5, 5.41) is 10.8. The van der Waals surface area contributed by atoms with Crippen LogP contribution in [0.5, 0.6) is 0 Å². The fourth-order valence-electron chi connectivity index (χ4n) is 2.23. The minimum absolute atomic E-state index is 0.189. The lowest BCUT2D eigenvalue weighted by Crippen LogP contribution is -2.12. The second kappa shape index (κ2) is 6.89. The Morgan fingerprint density at radius 3 is 1.74 bits per heavy atom. The fourth-order valence-corrected chi connectivity index (χ4v) is 3.06. The summed E-state index contributed by atoms with van der Waals surface area (Å²) in [7, 11) is 0. The molecule has 2 nitrogen and oxygen atoms in total. The Morgan fingerprint density at radius 1 is 0.741 bits per heavy atom. The quantitative estimate of drug-likeness (QED) is 0.374. The molecule has 1 aromatic heterocycles. The monoisotopic (exact) mass is 411 g/mol. The summed E-state index contributed by atoms with van der Waals surface area (Å²) in [6.07, 6.45) is -2.35. The number of aliphatic hydroxyl groups excluding tert-OH is 1. The minimum Gasteiger partial charge on any atom is -0.382 e. The van der Waals surface area contributed by atoms with Gasteiger partial charge in [0.05, 0.1) is 11.3 Å². The summed E-state index contributed by atoms with van der Waals surface area (Å²) in [4.78, 5) is 3.67. The molecule has 1 N–H and O–H groups in total. The highest BCUT2D eigenvalue weighted by Gasteiger charge is 2.31. The predicted molar refractivity (Wildman–Crippen MR) is 77.7 cm³/mol. The Hall–Kier alpha value is -2.53. The van der Waals surface area contributed by atoms with Gasteiger partial charge < -0.3 is 5.11 Å². The van der Waals surface area contributed by atoms with Gasteiger partial charge in [0.1, 0.15) is 11.1 Å². The SMILES string of the molecule is OC(c1csc(-c2cc(F)c(F)c(F)c2)n1)c1c(F)c(F)c(F)c(F)c1F. The zero-order valence-corrected chi connectivity index (χ0v) is 13.5. The molecule has 142 valence electrons. The molecule has 3 rings (SSSR count). The number of benzene rings is 2. The van der Waals surface area contributed by atoms with E-state index in [1.807, 2.05) is 0 Å². The number of rotatable bonds is 3. The summed E-state index contributed by atoms with van der Waals surface area (Å²) in [6.45, 7) is 0. The van der Waals surface area contributed by atoms with Crippen LogP contribution in [-0.2, 0) is 0 Å². The van der Waals surface area contributed by atoms with E-state index in [0.29, 0.717) is 23.5 Å². The zero-order chi connectivity index (χ0) is 20.0. The first-order valence-corrected chi connectivity index (χ1v) is 7.81. The molecular weight excluding hydrogens is 406 g/mol. The standard InChI is InChI=1S/C16H5F8NOS/c17-5-1-4(2-6(18)9(5)19)16-25-7(3-27-16)15(26)8-10(20)12(22)14(24)13(23)11(8)21/h1-3,15,26H. The molecule has 1 atom stereocenters. The molecule has 0 saturated carbocycles. The van der Waals surface area contributed by atoms with E-state index in [2.05, 4.69) is 4.98 Å². The molecule has 11 heteroatoms. The first-order chi connectivity index (χ1) is 12.6. The van der Waals surface area contributed by atoms with Crippen LogP contribution in [0.15, 0.2) is 17.5 Å². The van der Waals surface area contributed by atoms with Crippen LogP contribution in [0.4, 0.5) is 35.1 Å². The molecule has 1 unspecified atom stereocenters. The third kappa shape index (κ3) is 3.16. The zero-order valence-electron chi connectivity index (χ0n) is 12.6. The molecule has 0 saturated heterocycles. The Labute approximate surface area is 149 Å². The van der Waals surface area contributed by atoms with Crippen LogP contribution < -0.4 is 0 Å². The Balaban J connectivity index is 2.06. The van der Waals surface area contributed by atoms with E-state index in [1.54, 1.807) is 0 Å². The average Bonchev–Trinajstić information content (AvgIpc) is 3.12. The molecule has 0 spiro atoms. The molecule has 27 heavy (non-hydrogen) atoms. The number of thiazole rings is 1. The maximum absolute atomic E-state index is 13.8. The maximum atomic E-state index is 13.8. The van der Waals surface area contributed by atoms with Crippen LogP contribution in [0.25, 0.3) is 10.6 Å². The molecule has 0 bridgehead atoms. The number of hydrogen-bond acceptors (Lipinski definition) is 3. The molecule has 0 fully saturated rings. The smallest absolute Gasteiger partial charge is 0.200 e. The number of hydrogen-bond donors (Lipinski definition) is 1. The molecule has 0 aliphatic heterocycles. The van der Waals surface area contributed by atoms with Gasteiger partial charge in [-0.2, -0.15) is 0 Å². The molecular formula is C16H5F8NOS. The van der Waals surface area contributed by atoms with Gasteiger partial charge in [-0.3, -0.25) is 0 Å². The van der Waals surface area contributed by atoms with Crippen LogP contribution in [-0.4, -0.2) is 10.1 Å². The van der Waals surface area contributed by atoms with Crippen molar-refractivity contribution in [2.75, 3.05) is 0 Å². The van der Waals surface area contributed by atoms with Gasteiger partial charge >= 0.3 is 0 Å². The molecule has 3 aromatic rings. The van der Waals surface area contributed by atoms with Gasteiger partial charge in [0.25, 0.3) is 0 Å². The number of aromatic nitrogens is 1. The number of nitrogens with zero attached hydrogens (tertiary/aromatic N) is 1. The van der Waals surface area contributed by atoms with Crippen LogP contribution >= 0.6 is 11.3 Å². The largest absolute Gasteiger partial charge is 0.382 e. The van der Waals surface area contributed by atoms with Crippen molar-refractivity contribution in [2.24, 2.45) is 0 Å². The van der Waals surface area contributed by atoms with Gasteiger partial charge in [0.2, 0.25) is 5.82 Å². The topological polar surface area (TPSA) is 33.1 Å². The Kier molecular flexibility index (Phi) is 4.91. The first kappa shape index (κ1) is 19.2. The van der Waals surface area contributed by atoms with Gasteiger partial charge in [0.15, 0.2) is 40.7 Å². The summed E-state index contributed by atoms with van der Waals surface area (Å²) >= 11 is 0.639. The van der Waals surface area contributed by atoms with Crippen molar-refractivity contribution in [3.63, 3.8) is 0 Å². The van der Waals surface area contributed by atoms with E-state index < -0.39 is 63.9 Å². The summed E-state index contributed by atoms with van der Waals surface area (Å²) in [6, 6.07) is 1.18. The molecule has 0 aliphatic rings. The molecule has 0 radical (unpaired) electrons. The Bertz CT molecular complexity index is 999. The predicted octanol–water partition coefficient (Wildman–Crippen LogP) is 5.00. The highest BCUT2D eigenvalue weighted by atomic mass is 32.1. The van der Waals surface area contributed by atoms with Crippen molar-refractivity contribution in [2.45, 2.75) is 6.10 Å². The molecule has 1 heterocycles. The van der Waals surface area contributed by atoms with Gasteiger partial charge in [0, 0.05) is 10.9 Å². The second-order valence-corrected chi connectivity index (χ2v) is 6.08. The van der Waals surface area contributed by atoms with Gasteiger partial charge in [-0.05, 0) is 12.1 Å². The van der Waals surface area contributed by atoms with E-state index >= 15 is 0 Å². The molecule has 0 aliphatic carbocycles. The van der Waals surface area contributed by atoms with Gasteiger partial charge in [-0.15, -0.1) is 11.3 Å². The van der Waals surface area contributed by atoms with E-state index in [4.69, 9.17) is 0 Å². The van der Waals surface area contributed by atoms with Crippen molar-refractivity contribution in [3.05, 3.63) is 75.3 Å². The van der Waals surface area contributed by atoms with E-state index in [0.717, 1.165) is 5.38 Å². The van der Waals surface area contributed by atoms with E-state index in [-0.39, 0.29) is 10.6 Å². The summed E-state index contributed by atoms with van der Waals surface area (Å²) < 4.78 is 107. The van der Waals surface area contributed by atoms with Crippen LogP contribution in [0, 0.1) is 46.5 Å². The van der Waals surface area contributed by atoms with Gasteiger partial charge in [-0.1, -0.05) is 0 Å². The Morgan fingerprint density at radius 2 is 1.22 bits per heavy atom. The second-order valence-electron chi connectivity index (χ2n) is 5.22. The lowest BCUT2D eigenvalue weighted by Gasteiger charge is -2.12.